The number of nitrogens with two attached hydrogens (primary N) is 1. The van der Waals surface area contributed by atoms with Crippen molar-refractivity contribution in [3.63, 3.8) is 0 Å². The van der Waals surface area contributed by atoms with Gasteiger partial charge in [-0.15, -0.1) is 0 Å². The molecule has 0 radical (unpaired) electrons. The smallest absolute Gasteiger partial charge is 0.394 e. The number of phosphoric ester groups is 1. The van der Waals surface area contributed by atoms with Crippen LogP contribution < -0.4 is 5.73 Å². The van der Waals surface area contributed by atoms with Gasteiger partial charge in [0, 0.05) is 12.1 Å². The molecule has 11 nitrogen and oxygen atoms in total. The Morgan fingerprint density at radius 2 is 1.97 bits per heavy atom. The SMILES string of the molecule is C[C@@H](O[C@H](COP1(=O)OC2CCCCC2[C@@H](c2ccccc2)O1)[C@@H](O)CO)n1ccc2c(N)ncnc21. The van der Waals surface area contributed by atoms with E-state index in [1.165, 1.54) is 6.33 Å². The van der Waals surface area contributed by atoms with Crippen molar-refractivity contribution in [2.75, 3.05) is 18.9 Å². The molecule has 3 aromatic rings. The Morgan fingerprint density at radius 1 is 1.19 bits per heavy atom. The van der Waals surface area contributed by atoms with E-state index in [1.54, 1.807) is 23.8 Å². The monoisotopic (exact) mass is 532 g/mol. The van der Waals surface area contributed by atoms with Gasteiger partial charge in [-0.3, -0.25) is 13.6 Å². The molecule has 1 saturated carbocycles. The highest BCUT2D eigenvalue weighted by molar-refractivity contribution is 7.48. The predicted octanol–water partition coefficient (Wildman–Crippen LogP) is 3.74. The highest BCUT2D eigenvalue weighted by atomic mass is 31.2. The van der Waals surface area contributed by atoms with Crippen molar-refractivity contribution >= 4 is 24.7 Å². The molecule has 0 spiro atoms. The van der Waals surface area contributed by atoms with Gasteiger partial charge in [0.15, 0.2) is 0 Å². The summed E-state index contributed by atoms with van der Waals surface area (Å²) in [7, 11) is -3.99. The average molecular weight is 533 g/mol. The zero-order chi connectivity index (χ0) is 26.0. The van der Waals surface area contributed by atoms with E-state index < -0.39 is 39.0 Å². The Hall–Kier alpha value is -2.37. The number of nitrogens with zero attached hydrogens (tertiary/aromatic N) is 3. The molecule has 2 aliphatic rings. The lowest BCUT2D eigenvalue weighted by atomic mass is 9.80. The summed E-state index contributed by atoms with van der Waals surface area (Å²) in [5.41, 5.74) is 7.40. The Kier molecular flexibility index (Phi) is 7.92. The number of aromatic nitrogens is 3. The summed E-state index contributed by atoms with van der Waals surface area (Å²) in [6, 6.07) is 11.4. The summed E-state index contributed by atoms with van der Waals surface area (Å²) in [6.07, 6.45) is 3.18. The van der Waals surface area contributed by atoms with Gasteiger partial charge in [0.2, 0.25) is 0 Å². The van der Waals surface area contributed by atoms with Crippen molar-refractivity contribution in [1.29, 1.82) is 0 Å². The summed E-state index contributed by atoms with van der Waals surface area (Å²) < 4.78 is 39.2. The van der Waals surface area contributed by atoms with E-state index in [0.29, 0.717) is 16.9 Å². The maximum Gasteiger partial charge on any atom is 0.475 e. The number of ether oxygens (including phenoxy) is 1. The minimum atomic E-state index is -3.99. The number of aliphatic hydroxyl groups is 2. The van der Waals surface area contributed by atoms with E-state index in [0.717, 1.165) is 31.2 Å². The first-order valence-electron chi connectivity index (χ1n) is 12.6. The molecule has 7 atom stereocenters. The molecule has 12 heteroatoms. The molecule has 1 aliphatic heterocycles. The fourth-order valence-electron chi connectivity index (χ4n) is 5.15. The van der Waals surface area contributed by atoms with E-state index in [9.17, 15) is 14.8 Å². The zero-order valence-electron chi connectivity index (χ0n) is 20.6. The minimum absolute atomic E-state index is 0.0772. The fourth-order valence-corrected chi connectivity index (χ4v) is 6.80. The number of hydrogen-bond donors (Lipinski definition) is 3. The quantitative estimate of drug-likeness (QED) is 0.348. The third kappa shape index (κ3) is 5.58. The van der Waals surface area contributed by atoms with Crippen molar-refractivity contribution in [1.82, 2.24) is 14.5 Å². The molecule has 2 aromatic heterocycles. The van der Waals surface area contributed by atoms with Crippen LogP contribution in [0.25, 0.3) is 11.0 Å². The summed E-state index contributed by atoms with van der Waals surface area (Å²) in [6.45, 7) is 0.854. The van der Waals surface area contributed by atoms with Crippen LogP contribution in [0.4, 0.5) is 5.82 Å². The fraction of sp³-hybridized carbons (Fsp3) is 0.520. The van der Waals surface area contributed by atoms with E-state index in [2.05, 4.69) is 9.97 Å². The van der Waals surface area contributed by atoms with Crippen LogP contribution in [0.2, 0.25) is 0 Å². The summed E-state index contributed by atoms with van der Waals surface area (Å²) >= 11 is 0. The first kappa shape index (κ1) is 26.2. The van der Waals surface area contributed by atoms with Crippen molar-refractivity contribution in [3.8, 4) is 0 Å². The second-order valence-corrected chi connectivity index (χ2v) is 11.1. The third-order valence-corrected chi connectivity index (χ3v) is 8.57. The van der Waals surface area contributed by atoms with Crippen LogP contribution in [0.1, 0.15) is 50.5 Å². The standard InChI is InChI=1S/C25H33N4O7P/c1-16(29-12-11-19-24(26)27-15-28-25(19)29)34-22(20(31)13-30)14-33-37(32)35-21-10-6-5-9-18(21)23(36-37)17-7-3-2-4-8-17/h2-4,7-8,11-12,15-16,18,20-23,30-31H,5-6,9-10,13-14H2,1H3,(H2,26,27,28)/t16-,18?,20+,21?,22-,23-,37?/m1/s1. The molecule has 1 aliphatic carbocycles. The summed E-state index contributed by atoms with van der Waals surface area (Å²) in [5.74, 6) is 0.415. The van der Waals surface area contributed by atoms with Gasteiger partial charge in [-0.1, -0.05) is 43.2 Å². The van der Waals surface area contributed by atoms with Crippen LogP contribution in [-0.2, 0) is 22.9 Å². The number of rotatable bonds is 9. The lowest BCUT2D eigenvalue weighted by molar-refractivity contribution is -0.133. The maximum absolute atomic E-state index is 13.7. The second kappa shape index (κ2) is 11.2. The van der Waals surface area contributed by atoms with Gasteiger partial charge < -0.3 is 25.3 Å². The van der Waals surface area contributed by atoms with Crippen LogP contribution >= 0.6 is 7.82 Å². The van der Waals surface area contributed by atoms with Gasteiger partial charge >= 0.3 is 7.82 Å². The Morgan fingerprint density at radius 3 is 2.76 bits per heavy atom. The largest absolute Gasteiger partial charge is 0.475 e. The molecule has 5 rings (SSSR count). The molecule has 3 heterocycles. The molecule has 3 unspecified atom stereocenters. The molecule has 2 fully saturated rings. The topological polar surface area (TPSA) is 151 Å². The molecular weight excluding hydrogens is 499 g/mol. The molecule has 0 amide bonds. The zero-order valence-corrected chi connectivity index (χ0v) is 21.5. The number of anilines is 1. The molecule has 200 valence electrons. The first-order chi connectivity index (χ1) is 17.9. The summed E-state index contributed by atoms with van der Waals surface area (Å²) in [5, 5.41) is 20.8. The average Bonchev–Trinajstić information content (AvgIpc) is 3.36. The number of nitrogen functional groups attached to an aromatic ring is 1. The summed E-state index contributed by atoms with van der Waals surface area (Å²) in [4.78, 5) is 8.25. The molecule has 1 aromatic carbocycles. The highest BCUT2D eigenvalue weighted by Crippen LogP contribution is 2.62. The van der Waals surface area contributed by atoms with E-state index in [4.69, 9.17) is 24.0 Å². The van der Waals surface area contributed by atoms with Gasteiger partial charge in [-0.2, -0.15) is 0 Å². The molecule has 4 N–H and O–H groups in total. The van der Waals surface area contributed by atoms with Crippen LogP contribution in [0, 0.1) is 5.92 Å². The number of aliphatic hydroxyl groups excluding tert-OH is 2. The predicted molar refractivity (Wildman–Crippen MR) is 135 cm³/mol. The van der Waals surface area contributed by atoms with Crippen molar-refractivity contribution in [2.24, 2.45) is 5.92 Å². The second-order valence-electron chi connectivity index (χ2n) is 9.51. The van der Waals surface area contributed by atoms with E-state index in [1.807, 2.05) is 30.3 Å². The molecule has 0 bridgehead atoms. The van der Waals surface area contributed by atoms with Gasteiger partial charge in [0.1, 0.15) is 36.2 Å². The molecule has 1 saturated heterocycles. The van der Waals surface area contributed by atoms with Crippen LogP contribution in [0.5, 0.6) is 0 Å². The Labute approximate surface area is 215 Å². The lowest BCUT2D eigenvalue weighted by Crippen LogP contribution is -2.39. The highest BCUT2D eigenvalue weighted by Gasteiger charge is 2.48. The number of hydrogen-bond acceptors (Lipinski definition) is 10. The number of phosphoric acid groups is 1. The molecule has 37 heavy (non-hydrogen) atoms. The van der Waals surface area contributed by atoms with Crippen molar-refractivity contribution in [2.45, 2.75) is 63.3 Å². The molecular formula is C25H33N4O7P. The van der Waals surface area contributed by atoms with Crippen molar-refractivity contribution < 1.29 is 33.1 Å². The Balaban J connectivity index is 1.32. The van der Waals surface area contributed by atoms with Gasteiger partial charge in [-0.25, -0.2) is 14.5 Å². The van der Waals surface area contributed by atoms with Gasteiger partial charge in [0.25, 0.3) is 0 Å². The van der Waals surface area contributed by atoms with Gasteiger partial charge in [0.05, 0.1) is 30.8 Å². The Bertz CT molecular complexity index is 1240. The first-order valence-corrected chi connectivity index (χ1v) is 14.0. The van der Waals surface area contributed by atoms with Crippen molar-refractivity contribution in [3.05, 3.63) is 54.5 Å². The lowest BCUT2D eigenvalue weighted by Gasteiger charge is -2.43. The van der Waals surface area contributed by atoms with E-state index >= 15 is 0 Å². The minimum Gasteiger partial charge on any atom is -0.394 e. The van der Waals surface area contributed by atoms with Crippen LogP contribution in [0.3, 0.4) is 0 Å². The normalized spacial score (nSPS) is 28.5. The van der Waals surface area contributed by atoms with Crippen LogP contribution in [-0.4, -0.2) is 56.3 Å². The van der Waals surface area contributed by atoms with Gasteiger partial charge in [-0.05, 0) is 31.4 Å². The van der Waals surface area contributed by atoms with Crippen LogP contribution in [0.15, 0.2) is 48.9 Å². The maximum atomic E-state index is 13.7. The number of fused-ring (bicyclic) bond motifs is 2. The number of benzene rings is 1. The van der Waals surface area contributed by atoms with E-state index in [-0.39, 0.29) is 18.6 Å². The third-order valence-electron chi connectivity index (χ3n) is 7.09.